The number of rotatable bonds is 8. The SMILES string of the molecule is COc1ccc(S(=O)(=O)NCCn2cnc(-c3ccc(F)cc3)cc2=O)c(OC)c1. The van der Waals surface area contributed by atoms with Crippen molar-refractivity contribution >= 4 is 10.0 Å². The van der Waals surface area contributed by atoms with E-state index >= 15 is 0 Å². The van der Waals surface area contributed by atoms with Gasteiger partial charge in [0.25, 0.3) is 5.56 Å². The maximum absolute atomic E-state index is 13.0. The first-order valence-electron chi connectivity index (χ1n) is 8.88. The quantitative estimate of drug-likeness (QED) is 0.584. The van der Waals surface area contributed by atoms with Gasteiger partial charge in [0, 0.05) is 30.8 Å². The lowest BCUT2D eigenvalue weighted by atomic mass is 10.1. The van der Waals surface area contributed by atoms with E-state index in [-0.39, 0.29) is 35.1 Å². The van der Waals surface area contributed by atoms with Crippen LogP contribution in [-0.4, -0.2) is 38.7 Å². The normalized spacial score (nSPS) is 11.3. The van der Waals surface area contributed by atoms with Gasteiger partial charge in [-0.1, -0.05) is 0 Å². The van der Waals surface area contributed by atoms with Gasteiger partial charge in [-0.2, -0.15) is 0 Å². The van der Waals surface area contributed by atoms with E-state index in [1.165, 1.54) is 73.6 Å². The lowest BCUT2D eigenvalue weighted by molar-refractivity contribution is 0.386. The lowest BCUT2D eigenvalue weighted by Gasteiger charge is -2.12. The maximum Gasteiger partial charge on any atom is 0.253 e. The number of sulfonamides is 1. The molecule has 0 fully saturated rings. The van der Waals surface area contributed by atoms with Crippen molar-refractivity contribution in [1.29, 1.82) is 0 Å². The van der Waals surface area contributed by atoms with Gasteiger partial charge in [-0.15, -0.1) is 0 Å². The molecule has 3 rings (SSSR count). The van der Waals surface area contributed by atoms with Gasteiger partial charge < -0.3 is 9.47 Å². The Kier molecular flexibility index (Phi) is 6.48. The summed E-state index contributed by atoms with van der Waals surface area (Å²) in [6, 6.07) is 11.3. The number of benzene rings is 2. The molecule has 8 nitrogen and oxygen atoms in total. The Hall–Kier alpha value is -3.24. The molecule has 0 aliphatic heterocycles. The largest absolute Gasteiger partial charge is 0.497 e. The van der Waals surface area contributed by atoms with Crippen LogP contribution in [0.1, 0.15) is 0 Å². The predicted molar refractivity (Wildman–Crippen MR) is 109 cm³/mol. The number of hydrogen-bond acceptors (Lipinski definition) is 6. The number of ether oxygens (including phenoxy) is 2. The average molecular weight is 433 g/mol. The zero-order valence-electron chi connectivity index (χ0n) is 16.3. The summed E-state index contributed by atoms with van der Waals surface area (Å²) >= 11 is 0. The highest BCUT2D eigenvalue weighted by molar-refractivity contribution is 7.89. The molecule has 0 saturated carbocycles. The number of aromatic nitrogens is 2. The summed E-state index contributed by atoms with van der Waals surface area (Å²) in [6.07, 6.45) is 1.32. The van der Waals surface area contributed by atoms with E-state index in [0.29, 0.717) is 17.0 Å². The van der Waals surface area contributed by atoms with E-state index in [2.05, 4.69) is 9.71 Å². The van der Waals surface area contributed by atoms with Crippen LogP contribution in [0.15, 0.2) is 64.5 Å². The Balaban J connectivity index is 1.70. The molecule has 158 valence electrons. The van der Waals surface area contributed by atoms with Gasteiger partial charge in [-0.3, -0.25) is 9.36 Å². The van der Waals surface area contributed by atoms with Crippen LogP contribution < -0.4 is 19.8 Å². The highest BCUT2D eigenvalue weighted by Gasteiger charge is 2.19. The van der Waals surface area contributed by atoms with Gasteiger partial charge in [0.15, 0.2) is 0 Å². The molecule has 0 unspecified atom stereocenters. The predicted octanol–water partition coefficient (Wildman–Crippen LogP) is 2.05. The number of hydrogen-bond donors (Lipinski definition) is 1. The number of nitrogens with one attached hydrogen (secondary N) is 1. The highest BCUT2D eigenvalue weighted by Crippen LogP contribution is 2.28. The summed E-state index contributed by atoms with van der Waals surface area (Å²) in [5.41, 5.74) is 0.651. The van der Waals surface area contributed by atoms with Gasteiger partial charge in [-0.25, -0.2) is 22.5 Å². The molecule has 30 heavy (non-hydrogen) atoms. The van der Waals surface area contributed by atoms with Crippen LogP contribution in [0.4, 0.5) is 4.39 Å². The molecule has 2 aromatic carbocycles. The van der Waals surface area contributed by atoms with Crippen LogP contribution in [0.2, 0.25) is 0 Å². The van der Waals surface area contributed by atoms with E-state index in [4.69, 9.17) is 9.47 Å². The summed E-state index contributed by atoms with van der Waals surface area (Å²) in [5, 5.41) is 0. The second kappa shape index (κ2) is 9.06. The van der Waals surface area contributed by atoms with Crippen LogP contribution in [0, 0.1) is 5.82 Å². The van der Waals surface area contributed by atoms with E-state index in [0.717, 1.165) is 0 Å². The fourth-order valence-corrected chi connectivity index (χ4v) is 3.92. The van der Waals surface area contributed by atoms with E-state index in [1.807, 2.05) is 0 Å². The Morgan fingerprint density at radius 2 is 1.80 bits per heavy atom. The molecule has 1 N–H and O–H groups in total. The number of halogens is 1. The topological polar surface area (TPSA) is 99.5 Å². The highest BCUT2D eigenvalue weighted by atomic mass is 32.2. The first-order valence-corrected chi connectivity index (χ1v) is 10.4. The second-order valence-corrected chi connectivity index (χ2v) is 7.96. The van der Waals surface area contributed by atoms with Crippen molar-refractivity contribution < 1.29 is 22.3 Å². The summed E-state index contributed by atoms with van der Waals surface area (Å²) in [5.74, 6) is 0.224. The van der Waals surface area contributed by atoms with Gasteiger partial charge in [-0.05, 0) is 36.4 Å². The van der Waals surface area contributed by atoms with E-state index < -0.39 is 10.0 Å². The third-order valence-electron chi connectivity index (χ3n) is 4.32. The Morgan fingerprint density at radius 1 is 1.07 bits per heavy atom. The van der Waals surface area contributed by atoms with Crippen molar-refractivity contribution in [3.05, 3.63) is 71.0 Å². The van der Waals surface area contributed by atoms with Crippen molar-refractivity contribution in [1.82, 2.24) is 14.3 Å². The number of methoxy groups -OCH3 is 2. The molecule has 0 aliphatic carbocycles. The minimum Gasteiger partial charge on any atom is -0.497 e. The molecule has 1 heterocycles. The minimum atomic E-state index is -3.87. The fraction of sp³-hybridized carbons (Fsp3) is 0.200. The molecular formula is C20H20FN3O5S. The molecule has 0 atom stereocenters. The minimum absolute atomic E-state index is 0.0327. The molecule has 0 aliphatic rings. The van der Waals surface area contributed by atoms with Crippen molar-refractivity contribution in [2.24, 2.45) is 0 Å². The van der Waals surface area contributed by atoms with Crippen molar-refractivity contribution in [2.75, 3.05) is 20.8 Å². The molecule has 10 heteroatoms. The average Bonchev–Trinajstić information content (AvgIpc) is 2.74. The zero-order chi connectivity index (χ0) is 21.7. The first kappa shape index (κ1) is 21.5. The Morgan fingerprint density at radius 3 is 2.43 bits per heavy atom. The smallest absolute Gasteiger partial charge is 0.253 e. The Bertz CT molecular complexity index is 1190. The van der Waals surface area contributed by atoms with Gasteiger partial charge in [0.05, 0.1) is 26.2 Å². The van der Waals surface area contributed by atoms with E-state index in [1.54, 1.807) is 0 Å². The summed E-state index contributed by atoms with van der Waals surface area (Å²) < 4.78 is 52.1. The standard InChI is InChI=1S/C20H20FN3O5S/c1-28-16-7-8-19(18(11-16)29-2)30(26,27)23-9-10-24-13-22-17(12-20(24)25)14-3-5-15(21)6-4-14/h3-8,11-13,23H,9-10H2,1-2H3. The molecule has 0 bridgehead atoms. The number of nitrogens with zero attached hydrogens (tertiary/aromatic N) is 2. The molecule has 3 aromatic rings. The van der Waals surface area contributed by atoms with Crippen molar-refractivity contribution in [2.45, 2.75) is 11.4 Å². The summed E-state index contributed by atoms with van der Waals surface area (Å²) in [7, 11) is -1.04. The third kappa shape index (κ3) is 4.84. The van der Waals surface area contributed by atoms with Crippen molar-refractivity contribution in [3.63, 3.8) is 0 Å². The molecule has 0 saturated heterocycles. The van der Waals surface area contributed by atoms with Crippen LogP contribution >= 0.6 is 0 Å². The van der Waals surface area contributed by atoms with Gasteiger partial charge in [0.1, 0.15) is 22.2 Å². The van der Waals surface area contributed by atoms with Crippen LogP contribution in [0.5, 0.6) is 11.5 Å². The summed E-state index contributed by atoms with van der Waals surface area (Å²) in [4.78, 5) is 16.5. The molecule has 1 aromatic heterocycles. The van der Waals surface area contributed by atoms with Gasteiger partial charge in [0.2, 0.25) is 10.0 Å². The van der Waals surface area contributed by atoms with Crippen LogP contribution in [0.3, 0.4) is 0 Å². The van der Waals surface area contributed by atoms with Crippen molar-refractivity contribution in [3.8, 4) is 22.8 Å². The molecular weight excluding hydrogens is 413 g/mol. The Labute approximate surface area is 173 Å². The fourth-order valence-electron chi connectivity index (χ4n) is 2.75. The molecule has 0 spiro atoms. The molecule has 0 radical (unpaired) electrons. The molecule has 0 amide bonds. The zero-order valence-corrected chi connectivity index (χ0v) is 17.1. The second-order valence-electron chi connectivity index (χ2n) is 6.23. The lowest BCUT2D eigenvalue weighted by Crippen LogP contribution is -2.31. The first-order chi connectivity index (χ1) is 14.3. The van der Waals surface area contributed by atoms with Crippen LogP contribution in [0.25, 0.3) is 11.3 Å². The van der Waals surface area contributed by atoms with Gasteiger partial charge >= 0.3 is 0 Å². The summed E-state index contributed by atoms with van der Waals surface area (Å²) in [6.45, 7) is 0.0439. The monoisotopic (exact) mass is 433 g/mol. The van der Waals surface area contributed by atoms with E-state index in [9.17, 15) is 17.6 Å². The third-order valence-corrected chi connectivity index (χ3v) is 5.83. The van der Waals surface area contributed by atoms with Crippen LogP contribution in [-0.2, 0) is 16.6 Å². The maximum atomic E-state index is 13.0.